The second-order valence-corrected chi connectivity index (χ2v) is 5.05. The van der Waals surface area contributed by atoms with Gasteiger partial charge in [-0.1, -0.05) is 30.3 Å². The summed E-state index contributed by atoms with van der Waals surface area (Å²) >= 11 is 0. The van der Waals surface area contributed by atoms with Crippen molar-refractivity contribution >= 4 is 17.4 Å². The minimum Gasteiger partial charge on any atom is -0.489 e. The summed E-state index contributed by atoms with van der Waals surface area (Å²) < 4.78 is 5.67. The molecule has 0 aromatic heterocycles. The van der Waals surface area contributed by atoms with Crippen LogP contribution in [0.2, 0.25) is 0 Å². The van der Waals surface area contributed by atoms with E-state index < -0.39 is 0 Å². The molecule has 0 radical (unpaired) electrons. The summed E-state index contributed by atoms with van der Waals surface area (Å²) in [6, 6.07) is 17.1. The molecule has 0 saturated heterocycles. The Kier molecular flexibility index (Phi) is 5.72. The zero-order valence-electron chi connectivity index (χ0n) is 12.5. The average Bonchev–Trinajstić information content (AvgIpc) is 2.53. The lowest BCUT2D eigenvalue weighted by molar-refractivity contribution is -0.121. The van der Waals surface area contributed by atoms with Crippen LogP contribution in [-0.2, 0) is 16.2 Å². The molecule has 0 aliphatic rings. The second-order valence-electron chi connectivity index (χ2n) is 5.05. The van der Waals surface area contributed by atoms with Crippen LogP contribution >= 0.6 is 0 Å². The third-order valence-electron chi connectivity index (χ3n) is 3.09. The molecule has 0 aliphatic heterocycles. The molecule has 2 rings (SSSR count). The molecule has 1 N–H and O–H groups in total. The van der Waals surface area contributed by atoms with Gasteiger partial charge in [-0.15, -0.1) is 0 Å². The molecule has 2 aromatic rings. The van der Waals surface area contributed by atoms with Crippen molar-refractivity contribution in [2.75, 3.05) is 5.32 Å². The van der Waals surface area contributed by atoms with Crippen molar-refractivity contribution < 1.29 is 14.3 Å². The Hall–Kier alpha value is -2.62. The van der Waals surface area contributed by atoms with Gasteiger partial charge in [0.15, 0.2) is 0 Å². The standard InChI is InChI=1S/C18H19NO3/c1-14(20)7-12-18(21)19-16-8-10-17(11-9-16)22-13-15-5-3-2-4-6-15/h2-6,8-11H,7,12-13H2,1H3,(H,19,21). The van der Waals surface area contributed by atoms with Gasteiger partial charge in [-0.05, 0) is 36.8 Å². The predicted molar refractivity (Wildman–Crippen MR) is 85.8 cm³/mol. The minimum absolute atomic E-state index is 0.0137. The molecule has 0 saturated carbocycles. The van der Waals surface area contributed by atoms with Crippen LogP contribution in [0.4, 0.5) is 5.69 Å². The summed E-state index contributed by atoms with van der Waals surface area (Å²) in [5.74, 6) is 0.596. The maximum absolute atomic E-state index is 11.6. The number of amides is 1. The number of ketones is 1. The Morgan fingerprint density at radius 3 is 2.27 bits per heavy atom. The van der Waals surface area contributed by atoms with Crippen molar-refractivity contribution in [1.82, 2.24) is 0 Å². The van der Waals surface area contributed by atoms with Gasteiger partial charge < -0.3 is 14.8 Å². The minimum atomic E-state index is -0.159. The first-order valence-electron chi connectivity index (χ1n) is 7.19. The Morgan fingerprint density at radius 2 is 1.64 bits per heavy atom. The van der Waals surface area contributed by atoms with E-state index in [1.807, 2.05) is 42.5 Å². The number of anilines is 1. The summed E-state index contributed by atoms with van der Waals surface area (Å²) in [4.78, 5) is 22.5. The van der Waals surface area contributed by atoms with Crippen LogP contribution in [0, 0.1) is 0 Å². The van der Waals surface area contributed by atoms with Crippen LogP contribution in [0.5, 0.6) is 5.75 Å². The van der Waals surface area contributed by atoms with Crippen LogP contribution < -0.4 is 10.1 Å². The van der Waals surface area contributed by atoms with Crippen molar-refractivity contribution in [3.8, 4) is 5.75 Å². The van der Waals surface area contributed by atoms with E-state index in [4.69, 9.17) is 4.74 Å². The molecule has 0 atom stereocenters. The Bertz CT molecular complexity index is 621. The lowest BCUT2D eigenvalue weighted by atomic mass is 10.2. The van der Waals surface area contributed by atoms with Gasteiger partial charge in [0.2, 0.25) is 5.91 Å². The number of benzene rings is 2. The van der Waals surface area contributed by atoms with Gasteiger partial charge in [0.05, 0.1) is 0 Å². The van der Waals surface area contributed by atoms with E-state index in [1.54, 1.807) is 12.1 Å². The highest BCUT2D eigenvalue weighted by Gasteiger charge is 2.04. The van der Waals surface area contributed by atoms with Crippen molar-refractivity contribution in [1.29, 1.82) is 0 Å². The molecule has 114 valence electrons. The lowest BCUT2D eigenvalue weighted by Crippen LogP contribution is -2.12. The van der Waals surface area contributed by atoms with Gasteiger partial charge >= 0.3 is 0 Å². The molecule has 0 spiro atoms. The van der Waals surface area contributed by atoms with Crippen LogP contribution in [0.15, 0.2) is 54.6 Å². The fourth-order valence-corrected chi connectivity index (χ4v) is 1.89. The maximum Gasteiger partial charge on any atom is 0.224 e. The molecule has 1 amide bonds. The van der Waals surface area contributed by atoms with Gasteiger partial charge in [-0.2, -0.15) is 0 Å². The highest BCUT2D eigenvalue weighted by molar-refractivity contribution is 5.93. The Balaban J connectivity index is 1.82. The maximum atomic E-state index is 11.6. The number of Topliss-reactive ketones (excluding diaryl/α,β-unsaturated/α-hetero) is 1. The quantitative estimate of drug-likeness (QED) is 0.850. The molecular weight excluding hydrogens is 278 g/mol. The SMILES string of the molecule is CC(=O)CCC(=O)Nc1ccc(OCc2ccccc2)cc1. The van der Waals surface area contributed by atoms with Crippen molar-refractivity contribution in [2.45, 2.75) is 26.4 Å². The zero-order valence-corrected chi connectivity index (χ0v) is 12.5. The molecule has 0 fully saturated rings. The van der Waals surface area contributed by atoms with E-state index in [1.165, 1.54) is 6.92 Å². The molecular formula is C18H19NO3. The number of hydrogen-bond donors (Lipinski definition) is 1. The predicted octanol–water partition coefficient (Wildman–Crippen LogP) is 3.57. The van der Waals surface area contributed by atoms with E-state index in [9.17, 15) is 9.59 Å². The van der Waals surface area contributed by atoms with Gasteiger partial charge in [0, 0.05) is 18.5 Å². The van der Waals surface area contributed by atoms with Crippen molar-refractivity contribution in [2.24, 2.45) is 0 Å². The van der Waals surface area contributed by atoms with Crippen molar-refractivity contribution in [3.05, 3.63) is 60.2 Å². The summed E-state index contributed by atoms with van der Waals surface area (Å²) in [6.07, 6.45) is 0.478. The Morgan fingerprint density at radius 1 is 0.955 bits per heavy atom. The van der Waals surface area contributed by atoms with E-state index in [0.717, 1.165) is 11.3 Å². The zero-order chi connectivity index (χ0) is 15.8. The topological polar surface area (TPSA) is 55.4 Å². The number of carbonyl (C=O) groups is 2. The molecule has 2 aromatic carbocycles. The average molecular weight is 297 g/mol. The van der Waals surface area contributed by atoms with E-state index in [-0.39, 0.29) is 24.5 Å². The number of nitrogens with one attached hydrogen (secondary N) is 1. The lowest BCUT2D eigenvalue weighted by Gasteiger charge is -2.08. The summed E-state index contributed by atoms with van der Waals surface area (Å²) in [6.45, 7) is 1.98. The number of ether oxygens (including phenoxy) is 1. The van der Waals surface area contributed by atoms with E-state index in [2.05, 4.69) is 5.32 Å². The van der Waals surface area contributed by atoms with E-state index in [0.29, 0.717) is 12.3 Å². The first kappa shape index (κ1) is 15.8. The summed E-state index contributed by atoms with van der Waals surface area (Å²) in [7, 11) is 0. The van der Waals surface area contributed by atoms with Crippen molar-refractivity contribution in [3.63, 3.8) is 0 Å². The largest absolute Gasteiger partial charge is 0.489 e. The molecule has 4 heteroatoms. The Labute approximate surface area is 130 Å². The fraction of sp³-hybridized carbons (Fsp3) is 0.222. The monoisotopic (exact) mass is 297 g/mol. The number of rotatable bonds is 7. The normalized spacial score (nSPS) is 10.0. The molecule has 22 heavy (non-hydrogen) atoms. The summed E-state index contributed by atoms with van der Waals surface area (Å²) in [5, 5.41) is 2.75. The van der Waals surface area contributed by atoms with Gasteiger partial charge in [-0.25, -0.2) is 0 Å². The smallest absolute Gasteiger partial charge is 0.224 e. The summed E-state index contributed by atoms with van der Waals surface area (Å²) in [5.41, 5.74) is 1.80. The molecule has 0 bridgehead atoms. The van der Waals surface area contributed by atoms with Gasteiger partial charge in [0.25, 0.3) is 0 Å². The molecule has 0 unspecified atom stereocenters. The number of hydrogen-bond acceptors (Lipinski definition) is 3. The third kappa shape index (κ3) is 5.40. The van der Waals surface area contributed by atoms with Gasteiger partial charge in [0.1, 0.15) is 18.1 Å². The van der Waals surface area contributed by atoms with Crippen LogP contribution in [0.25, 0.3) is 0 Å². The molecule has 0 heterocycles. The first-order valence-corrected chi connectivity index (χ1v) is 7.19. The van der Waals surface area contributed by atoms with Gasteiger partial charge in [-0.3, -0.25) is 4.79 Å². The van der Waals surface area contributed by atoms with E-state index >= 15 is 0 Å². The van der Waals surface area contributed by atoms with Crippen LogP contribution in [0.3, 0.4) is 0 Å². The van der Waals surface area contributed by atoms with Crippen LogP contribution in [0.1, 0.15) is 25.3 Å². The highest BCUT2D eigenvalue weighted by atomic mass is 16.5. The molecule has 0 aliphatic carbocycles. The second kappa shape index (κ2) is 7.98. The highest BCUT2D eigenvalue weighted by Crippen LogP contribution is 2.17. The van der Waals surface area contributed by atoms with Crippen LogP contribution in [-0.4, -0.2) is 11.7 Å². The number of carbonyl (C=O) groups excluding carboxylic acids is 2. The fourth-order valence-electron chi connectivity index (χ4n) is 1.89. The first-order chi connectivity index (χ1) is 10.6. The third-order valence-corrected chi connectivity index (χ3v) is 3.09. The molecule has 4 nitrogen and oxygen atoms in total.